The third kappa shape index (κ3) is 5.21. The summed E-state index contributed by atoms with van der Waals surface area (Å²) in [5.41, 5.74) is 1.38. The quantitative estimate of drug-likeness (QED) is 0.731. The fourth-order valence-corrected chi connectivity index (χ4v) is 2.52. The molecule has 1 fully saturated rings. The standard InChI is InChI=1S/C16H25NO2/c18-13-4-14-19-16-8-6-15(7-9-16)5-3-12-17-10-1-2-11-17/h6-9,18H,1-5,10-14H2. The third-order valence-corrected chi connectivity index (χ3v) is 3.63. The SMILES string of the molecule is OCCCOc1ccc(CCCN2CCCC2)cc1. The van der Waals surface area contributed by atoms with Crippen molar-refractivity contribution in [2.45, 2.75) is 32.1 Å². The van der Waals surface area contributed by atoms with Crippen LogP contribution in [0.2, 0.25) is 0 Å². The predicted octanol–water partition coefficient (Wildman–Crippen LogP) is 2.48. The Labute approximate surface area is 116 Å². The smallest absolute Gasteiger partial charge is 0.119 e. The molecular weight excluding hydrogens is 238 g/mol. The first-order valence-corrected chi connectivity index (χ1v) is 7.43. The average molecular weight is 263 g/mol. The minimum Gasteiger partial charge on any atom is -0.494 e. The molecule has 0 radical (unpaired) electrons. The number of likely N-dealkylation sites (tertiary alicyclic amines) is 1. The van der Waals surface area contributed by atoms with E-state index in [2.05, 4.69) is 17.0 Å². The highest BCUT2D eigenvalue weighted by Gasteiger charge is 2.10. The Morgan fingerprint density at radius 3 is 2.47 bits per heavy atom. The van der Waals surface area contributed by atoms with Gasteiger partial charge < -0.3 is 14.7 Å². The molecule has 3 nitrogen and oxygen atoms in total. The van der Waals surface area contributed by atoms with Gasteiger partial charge in [0.15, 0.2) is 0 Å². The van der Waals surface area contributed by atoms with Crippen molar-refractivity contribution in [3.8, 4) is 5.75 Å². The lowest BCUT2D eigenvalue weighted by Gasteiger charge is -2.14. The van der Waals surface area contributed by atoms with Gasteiger partial charge in [-0.15, -0.1) is 0 Å². The number of ether oxygens (including phenoxy) is 1. The van der Waals surface area contributed by atoms with E-state index in [1.807, 2.05) is 12.1 Å². The van der Waals surface area contributed by atoms with E-state index in [1.54, 1.807) is 0 Å². The molecule has 0 atom stereocenters. The van der Waals surface area contributed by atoms with Crippen LogP contribution in [0.3, 0.4) is 0 Å². The highest BCUT2D eigenvalue weighted by Crippen LogP contribution is 2.14. The Kier molecular flexibility index (Phi) is 6.18. The molecule has 1 aromatic rings. The first-order chi connectivity index (χ1) is 9.38. The van der Waals surface area contributed by atoms with Gasteiger partial charge in [-0.25, -0.2) is 0 Å². The van der Waals surface area contributed by atoms with Gasteiger partial charge in [-0.05, 0) is 63.0 Å². The van der Waals surface area contributed by atoms with Gasteiger partial charge in [0.2, 0.25) is 0 Å². The minimum atomic E-state index is 0.189. The molecule has 1 aromatic carbocycles. The van der Waals surface area contributed by atoms with E-state index in [-0.39, 0.29) is 6.61 Å². The average Bonchev–Trinajstić information content (AvgIpc) is 2.94. The van der Waals surface area contributed by atoms with E-state index in [1.165, 1.54) is 44.5 Å². The molecule has 19 heavy (non-hydrogen) atoms. The van der Waals surface area contributed by atoms with E-state index < -0.39 is 0 Å². The number of hydrogen-bond acceptors (Lipinski definition) is 3. The molecule has 2 rings (SSSR count). The molecule has 1 heterocycles. The van der Waals surface area contributed by atoms with Crippen molar-refractivity contribution < 1.29 is 9.84 Å². The second kappa shape index (κ2) is 8.18. The van der Waals surface area contributed by atoms with Crippen LogP contribution >= 0.6 is 0 Å². The molecule has 0 bridgehead atoms. The van der Waals surface area contributed by atoms with Gasteiger partial charge >= 0.3 is 0 Å². The van der Waals surface area contributed by atoms with Crippen LogP contribution in [0.1, 0.15) is 31.2 Å². The van der Waals surface area contributed by atoms with Crippen molar-refractivity contribution in [2.24, 2.45) is 0 Å². The van der Waals surface area contributed by atoms with Crippen LogP contribution in [0.5, 0.6) is 5.75 Å². The Balaban J connectivity index is 1.66. The van der Waals surface area contributed by atoms with Gasteiger partial charge in [0.05, 0.1) is 6.61 Å². The number of aliphatic hydroxyl groups excluding tert-OH is 1. The molecule has 1 aliphatic heterocycles. The fourth-order valence-electron chi connectivity index (χ4n) is 2.52. The maximum Gasteiger partial charge on any atom is 0.119 e. The van der Waals surface area contributed by atoms with E-state index in [9.17, 15) is 0 Å². The zero-order valence-electron chi connectivity index (χ0n) is 11.7. The molecule has 106 valence electrons. The molecule has 0 spiro atoms. The van der Waals surface area contributed by atoms with E-state index in [0.29, 0.717) is 13.0 Å². The van der Waals surface area contributed by atoms with Crippen LogP contribution in [-0.2, 0) is 6.42 Å². The third-order valence-electron chi connectivity index (χ3n) is 3.63. The Morgan fingerprint density at radius 1 is 1.05 bits per heavy atom. The number of aryl methyl sites for hydroxylation is 1. The molecule has 1 saturated heterocycles. The maximum absolute atomic E-state index is 8.69. The van der Waals surface area contributed by atoms with E-state index >= 15 is 0 Å². The lowest BCUT2D eigenvalue weighted by Crippen LogP contribution is -2.20. The highest BCUT2D eigenvalue weighted by atomic mass is 16.5. The van der Waals surface area contributed by atoms with Crippen molar-refractivity contribution in [2.75, 3.05) is 32.8 Å². The molecule has 0 unspecified atom stereocenters. The molecule has 0 amide bonds. The van der Waals surface area contributed by atoms with Gasteiger partial charge in [-0.2, -0.15) is 0 Å². The molecular formula is C16H25NO2. The minimum absolute atomic E-state index is 0.189. The topological polar surface area (TPSA) is 32.7 Å². The normalized spacial score (nSPS) is 15.8. The number of nitrogens with zero attached hydrogens (tertiary/aromatic N) is 1. The Morgan fingerprint density at radius 2 is 1.79 bits per heavy atom. The van der Waals surface area contributed by atoms with Crippen LogP contribution in [0.25, 0.3) is 0 Å². The summed E-state index contributed by atoms with van der Waals surface area (Å²) >= 11 is 0. The molecule has 1 aliphatic rings. The number of rotatable bonds is 8. The molecule has 0 aromatic heterocycles. The summed E-state index contributed by atoms with van der Waals surface area (Å²) in [6.45, 7) is 4.59. The van der Waals surface area contributed by atoms with Crippen molar-refractivity contribution in [1.29, 1.82) is 0 Å². The highest BCUT2D eigenvalue weighted by molar-refractivity contribution is 5.27. The first kappa shape index (κ1) is 14.4. The fraction of sp³-hybridized carbons (Fsp3) is 0.625. The summed E-state index contributed by atoms with van der Waals surface area (Å²) in [7, 11) is 0. The lowest BCUT2D eigenvalue weighted by atomic mass is 10.1. The van der Waals surface area contributed by atoms with Crippen molar-refractivity contribution in [3.63, 3.8) is 0 Å². The van der Waals surface area contributed by atoms with Gasteiger partial charge in [-0.3, -0.25) is 0 Å². The summed E-state index contributed by atoms with van der Waals surface area (Å²) in [6.07, 6.45) is 5.83. The summed E-state index contributed by atoms with van der Waals surface area (Å²) < 4.78 is 5.52. The van der Waals surface area contributed by atoms with Crippen LogP contribution < -0.4 is 4.74 Å². The lowest BCUT2D eigenvalue weighted by molar-refractivity contribution is 0.233. The Bertz CT molecular complexity index is 344. The van der Waals surface area contributed by atoms with E-state index in [0.717, 1.165) is 12.2 Å². The molecule has 3 heteroatoms. The van der Waals surface area contributed by atoms with Crippen molar-refractivity contribution >= 4 is 0 Å². The second-order valence-electron chi connectivity index (χ2n) is 5.22. The van der Waals surface area contributed by atoms with Gasteiger partial charge in [0, 0.05) is 13.0 Å². The first-order valence-electron chi connectivity index (χ1n) is 7.43. The van der Waals surface area contributed by atoms with Crippen molar-refractivity contribution in [1.82, 2.24) is 4.90 Å². The van der Waals surface area contributed by atoms with Gasteiger partial charge in [0.1, 0.15) is 5.75 Å². The Hall–Kier alpha value is -1.06. The van der Waals surface area contributed by atoms with Crippen molar-refractivity contribution in [3.05, 3.63) is 29.8 Å². The molecule has 0 aliphatic carbocycles. The summed E-state index contributed by atoms with van der Waals surface area (Å²) in [4.78, 5) is 2.56. The van der Waals surface area contributed by atoms with Gasteiger partial charge in [-0.1, -0.05) is 12.1 Å². The van der Waals surface area contributed by atoms with Crippen LogP contribution in [-0.4, -0.2) is 42.9 Å². The maximum atomic E-state index is 8.69. The zero-order valence-corrected chi connectivity index (χ0v) is 11.7. The van der Waals surface area contributed by atoms with E-state index in [4.69, 9.17) is 9.84 Å². The predicted molar refractivity (Wildman–Crippen MR) is 77.6 cm³/mol. The summed E-state index contributed by atoms with van der Waals surface area (Å²) in [5.74, 6) is 0.900. The van der Waals surface area contributed by atoms with Crippen LogP contribution in [0.15, 0.2) is 24.3 Å². The number of aliphatic hydroxyl groups is 1. The zero-order chi connectivity index (χ0) is 13.3. The number of hydrogen-bond donors (Lipinski definition) is 1. The summed E-state index contributed by atoms with van der Waals surface area (Å²) in [5, 5.41) is 8.69. The van der Waals surface area contributed by atoms with Crippen LogP contribution in [0, 0.1) is 0 Å². The second-order valence-corrected chi connectivity index (χ2v) is 5.22. The summed E-state index contributed by atoms with van der Waals surface area (Å²) in [6, 6.07) is 8.36. The molecule has 1 N–H and O–H groups in total. The largest absolute Gasteiger partial charge is 0.494 e. The number of benzene rings is 1. The monoisotopic (exact) mass is 263 g/mol. The van der Waals surface area contributed by atoms with Crippen LogP contribution in [0.4, 0.5) is 0 Å². The molecule has 0 saturated carbocycles. The van der Waals surface area contributed by atoms with Gasteiger partial charge in [0.25, 0.3) is 0 Å².